The van der Waals surface area contributed by atoms with Crippen molar-refractivity contribution in [2.75, 3.05) is 5.01 Å². The molecule has 1 N–H and O–H groups in total. The Kier molecular flexibility index (Phi) is 7.15. The van der Waals surface area contributed by atoms with Crippen LogP contribution in [0, 0.1) is 5.92 Å². The van der Waals surface area contributed by atoms with Gasteiger partial charge in [-0.2, -0.15) is 5.10 Å². The molecule has 37 heavy (non-hydrogen) atoms. The normalized spacial score (nSPS) is 19.7. The van der Waals surface area contributed by atoms with Crippen LogP contribution in [-0.4, -0.2) is 16.6 Å². The third kappa shape index (κ3) is 5.32. The molecule has 5 rings (SSSR count). The Hall–Kier alpha value is -4.22. The van der Waals surface area contributed by atoms with Crippen LogP contribution in [0.4, 0.5) is 5.69 Å². The summed E-state index contributed by atoms with van der Waals surface area (Å²) < 4.78 is 0. The molecule has 1 amide bonds. The molecule has 0 radical (unpaired) electrons. The number of hydrogen-bond acceptors (Lipinski definition) is 4. The molecular weight excluding hydrogens is 456 g/mol. The number of benzene rings is 4. The number of anilines is 1. The van der Waals surface area contributed by atoms with E-state index in [9.17, 15) is 4.79 Å². The minimum absolute atomic E-state index is 0.0156. The van der Waals surface area contributed by atoms with Crippen LogP contribution < -0.4 is 10.4 Å². The summed E-state index contributed by atoms with van der Waals surface area (Å²) >= 11 is 0. The lowest BCUT2D eigenvalue weighted by Crippen LogP contribution is -2.45. The molecule has 1 aliphatic rings. The molecule has 1 fully saturated rings. The monoisotopic (exact) mass is 488 g/mol. The fourth-order valence-corrected chi connectivity index (χ4v) is 5.10. The van der Waals surface area contributed by atoms with Crippen molar-refractivity contribution in [1.82, 2.24) is 10.4 Å². The highest BCUT2D eigenvalue weighted by atomic mass is 16.2. The number of rotatable bonds is 8. The molecule has 0 aromatic heterocycles. The molecule has 5 heteroatoms. The Morgan fingerprint density at radius 3 is 1.76 bits per heavy atom. The van der Waals surface area contributed by atoms with Crippen LogP contribution in [0.25, 0.3) is 0 Å². The predicted molar refractivity (Wildman–Crippen MR) is 150 cm³/mol. The maximum Gasteiger partial charge on any atom is 0.252 e. The van der Waals surface area contributed by atoms with Gasteiger partial charge in [-0.15, -0.1) is 0 Å². The summed E-state index contributed by atoms with van der Waals surface area (Å²) in [6.45, 7) is 5.35. The SMILES string of the molecule is CC(=NN(Cc1ccccc1)Cc1ccccc1)C1C(=O)N(c2ccccc2)NC1(C)c1ccccc1. The van der Waals surface area contributed by atoms with E-state index in [2.05, 4.69) is 53.8 Å². The average molecular weight is 489 g/mol. The van der Waals surface area contributed by atoms with Gasteiger partial charge in [0, 0.05) is 5.71 Å². The number of hydrogen-bond donors (Lipinski definition) is 1. The molecule has 186 valence electrons. The highest BCUT2D eigenvalue weighted by Gasteiger charge is 2.52. The average Bonchev–Trinajstić information content (AvgIpc) is 3.22. The number of nitrogens with one attached hydrogen (secondary N) is 1. The molecule has 5 nitrogen and oxygen atoms in total. The smallest absolute Gasteiger partial charge is 0.252 e. The van der Waals surface area contributed by atoms with Gasteiger partial charge in [0.1, 0.15) is 5.92 Å². The van der Waals surface area contributed by atoms with Gasteiger partial charge in [-0.05, 0) is 42.7 Å². The Bertz CT molecular complexity index is 1300. The van der Waals surface area contributed by atoms with Crippen molar-refractivity contribution >= 4 is 17.3 Å². The first-order chi connectivity index (χ1) is 18.0. The third-order valence-electron chi connectivity index (χ3n) is 6.91. The molecule has 0 spiro atoms. The van der Waals surface area contributed by atoms with Crippen LogP contribution in [0.2, 0.25) is 0 Å². The first-order valence-electron chi connectivity index (χ1n) is 12.6. The Morgan fingerprint density at radius 1 is 0.784 bits per heavy atom. The van der Waals surface area contributed by atoms with E-state index in [4.69, 9.17) is 5.10 Å². The number of carbonyl (C=O) groups excluding carboxylic acids is 1. The fourth-order valence-electron chi connectivity index (χ4n) is 5.10. The number of carbonyl (C=O) groups is 1. The van der Waals surface area contributed by atoms with E-state index in [1.807, 2.05) is 91.9 Å². The molecule has 4 aromatic rings. The van der Waals surface area contributed by atoms with E-state index < -0.39 is 11.5 Å². The van der Waals surface area contributed by atoms with E-state index >= 15 is 0 Å². The van der Waals surface area contributed by atoms with Crippen LogP contribution in [-0.2, 0) is 23.4 Å². The number of hydrazine groups is 1. The second-order valence-corrected chi connectivity index (χ2v) is 9.66. The third-order valence-corrected chi connectivity index (χ3v) is 6.91. The quantitative estimate of drug-likeness (QED) is 0.239. The Balaban J connectivity index is 1.53. The van der Waals surface area contributed by atoms with Crippen LogP contribution in [0.3, 0.4) is 0 Å². The second kappa shape index (κ2) is 10.8. The molecule has 1 aliphatic heterocycles. The lowest BCUT2D eigenvalue weighted by Gasteiger charge is -2.31. The van der Waals surface area contributed by atoms with Crippen molar-refractivity contribution in [2.24, 2.45) is 11.0 Å². The molecule has 1 heterocycles. The topological polar surface area (TPSA) is 47.9 Å². The molecule has 4 aromatic carbocycles. The van der Waals surface area contributed by atoms with E-state index in [0.717, 1.165) is 17.0 Å². The van der Waals surface area contributed by atoms with Gasteiger partial charge in [0.25, 0.3) is 5.91 Å². The van der Waals surface area contributed by atoms with Crippen molar-refractivity contribution in [3.05, 3.63) is 138 Å². The highest BCUT2D eigenvalue weighted by molar-refractivity contribution is 6.12. The first-order valence-corrected chi connectivity index (χ1v) is 12.6. The Labute approximate surface area is 219 Å². The molecule has 0 aliphatic carbocycles. The zero-order valence-electron chi connectivity index (χ0n) is 21.3. The van der Waals surface area contributed by atoms with Crippen molar-refractivity contribution in [1.29, 1.82) is 0 Å². The lowest BCUT2D eigenvalue weighted by atomic mass is 9.78. The first kappa shape index (κ1) is 24.5. The van der Waals surface area contributed by atoms with E-state index in [1.54, 1.807) is 5.01 Å². The fraction of sp³-hybridized carbons (Fsp3) is 0.188. The summed E-state index contributed by atoms with van der Waals surface area (Å²) in [7, 11) is 0. The van der Waals surface area contributed by atoms with Gasteiger partial charge in [-0.1, -0.05) is 109 Å². The zero-order valence-corrected chi connectivity index (χ0v) is 21.3. The summed E-state index contributed by atoms with van der Waals surface area (Å²) in [6, 6.07) is 40.5. The van der Waals surface area contributed by atoms with Crippen LogP contribution >= 0.6 is 0 Å². The van der Waals surface area contributed by atoms with Gasteiger partial charge in [0.05, 0.1) is 24.3 Å². The molecule has 2 unspecified atom stereocenters. The number of hydrazone groups is 1. The molecule has 0 saturated carbocycles. The maximum atomic E-state index is 14.0. The van der Waals surface area contributed by atoms with E-state index in [0.29, 0.717) is 13.1 Å². The highest BCUT2D eigenvalue weighted by Crippen LogP contribution is 2.39. The van der Waals surface area contributed by atoms with Crippen molar-refractivity contribution in [3.63, 3.8) is 0 Å². The van der Waals surface area contributed by atoms with Gasteiger partial charge in [-0.25, -0.2) is 10.4 Å². The molecular formula is C32H32N4O. The summed E-state index contributed by atoms with van der Waals surface area (Å²) in [5.74, 6) is -0.498. The van der Waals surface area contributed by atoms with Crippen LogP contribution in [0.15, 0.2) is 126 Å². The molecule has 1 saturated heterocycles. The van der Waals surface area contributed by atoms with Crippen molar-refractivity contribution in [3.8, 4) is 0 Å². The summed E-state index contributed by atoms with van der Waals surface area (Å²) in [4.78, 5) is 14.0. The van der Waals surface area contributed by atoms with Crippen LogP contribution in [0.1, 0.15) is 30.5 Å². The van der Waals surface area contributed by atoms with Crippen molar-refractivity contribution < 1.29 is 4.79 Å². The largest absolute Gasteiger partial charge is 0.288 e. The minimum Gasteiger partial charge on any atom is -0.288 e. The van der Waals surface area contributed by atoms with Gasteiger partial charge in [0.2, 0.25) is 0 Å². The summed E-state index contributed by atoms with van der Waals surface area (Å²) in [5, 5.41) is 8.85. The van der Waals surface area contributed by atoms with Gasteiger partial charge >= 0.3 is 0 Å². The zero-order chi connectivity index (χ0) is 25.7. The number of nitrogens with zero attached hydrogens (tertiary/aromatic N) is 3. The molecule has 2 atom stereocenters. The van der Waals surface area contributed by atoms with E-state index in [1.165, 1.54) is 11.1 Å². The Morgan fingerprint density at radius 2 is 1.24 bits per heavy atom. The van der Waals surface area contributed by atoms with E-state index in [-0.39, 0.29) is 5.91 Å². The minimum atomic E-state index is -0.660. The maximum absolute atomic E-state index is 14.0. The second-order valence-electron chi connectivity index (χ2n) is 9.66. The standard InChI is InChI=1S/C32H32N4O/c1-25(33-35(23-26-15-7-3-8-16-26)24-27-17-9-4-10-18-27)30-31(37)36(29-21-13-6-14-22-29)34-32(30,2)28-19-11-5-12-20-28/h3-22,30,34H,23-24H2,1-2H3. The summed E-state index contributed by atoms with van der Waals surface area (Å²) in [5.41, 5.74) is 7.84. The summed E-state index contributed by atoms with van der Waals surface area (Å²) in [6.07, 6.45) is 0. The van der Waals surface area contributed by atoms with Gasteiger partial charge in [-0.3, -0.25) is 9.80 Å². The number of amides is 1. The van der Waals surface area contributed by atoms with Gasteiger partial charge < -0.3 is 0 Å². The van der Waals surface area contributed by atoms with Crippen LogP contribution in [0.5, 0.6) is 0 Å². The van der Waals surface area contributed by atoms with Crippen molar-refractivity contribution in [2.45, 2.75) is 32.5 Å². The lowest BCUT2D eigenvalue weighted by molar-refractivity contribution is -0.119. The van der Waals surface area contributed by atoms with Gasteiger partial charge in [0.15, 0.2) is 0 Å². The predicted octanol–water partition coefficient (Wildman–Crippen LogP) is 6.15. The number of para-hydroxylation sites is 1. The molecule has 0 bridgehead atoms.